The molecule has 1 rings (SSSR count). The lowest BCUT2D eigenvalue weighted by Crippen LogP contribution is -2.05. The van der Waals surface area contributed by atoms with Gasteiger partial charge < -0.3 is 5.32 Å². The van der Waals surface area contributed by atoms with Crippen molar-refractivity contribution in [2.24, 2.45) is 0 Å². The molecule has 1 aromatic carbocycles. The van der Waals surface area contributed by atoms with Crippen molar-refractivity contribution in [1.82, 2.24) is 5.32 Å². The maximum Gasteiger partial charge on any atom is 0.150 e. The lowest BCUT2D eigenvalue weighted by molar-refractivity contribution is 0.112. The Morgan fingerprint density at radius 2 is 2.27 bits per heavy atom. The van der Waals surface area contributed by atoms with Gasteiger partial charge in [-0.15, -0.1) is 0 Å². The number of halogens is 1. The monoisotopic (exact) mass is 223 g/mol. The minimum atomic E-state index is 0.611. The van der Waals surface area contributed by atoms with Gasteiger partial charge in [-0.05, 0) is 26.1 Å². The van der Waals surface area contributed by atoms with Gasteiger partial charge in [0.25, 0.3) is 0 Å². The average Bonchev–Trinajstić information content (AvgIpc) is 2.26. The van der Waals surface area contributed by atoms with Crippen molar-refractivity contribution in [3.05, 3.63) is 40.4 Å². The molecule has 0 aliphatic rings. The number of nitrogens with one attached hydrogen (secondary N) is 1. The fourth-order valence-corrected chi connectivity index (χ4v) is 1.51. The molecule has 0 amide bonds. The maximum atomic E-state index is 10.8. The van der Waals surface area contributed by atoms with Crippen LogP contribution in [0.1, 0.15) is 22.3 Å². The van der Waals surface area contributed by atoms with Crippen molar-refractivity contribution in [3.8, 4) is 0 Å². The summed E-state index contributed by atoms with van der Waals surface area (Å²) in [7, 11) is 1.90. The zero-order valence-electron chi connectivity index (χ0n) is 8.66. The van der Waals surface area contributed by atoms with Gasteiger partial charge >= 0.3 is 0 Å². The first-order valence-electron chi connectivity index (χ1n) is 4.84. The minimum Gasteiger partial charge on any atom is -0.319 e. The fourth-order valence-electron chi connectivity index (χ4n) is 1.26. The molecule has 80 valence electrons. The molecular weight excluding hydrogens is 210 g/mol. The second-order valence-corrected chi connectivity index (χ2v) is 3.56. The first-order valence-corrected chi connectivity index (χ1v) is 5.22. The van der Waals surface area contributed by atoms with Crippen molar-refractivity contribution >= 4 is 24.0 Å². The van der Waals surface area contributed by atoms with Crippen molar-refractivity contribution in [3.63, 3.8) is 0 Å². The van der Waals surface area contributed by atoms with Gasteiger partial charge in [0.2, 0.25) is 0 Å². The molecule has 2 nitrogen and oxygen atoms in total. The summed E-state index contributed by atoms with van der Waals surface area (Å²) in [6.45, 7) is 0.914. The summed E-state index contributed by atoms with van der Waals surface area (Å²) < 4.78 is 0. The molecule has 1 N–H and O–H groups in total. The van der Waals surface area contributed by atoms with Crippen molar-refractivity contribution < 1.29 is 4.79 Å². The first kappa shape index (κ1) is 12.0. The van der Waals surface area contributed by atoms with Crippen LogP contribution in [0, 0.1) is 0 Å². The highest BCUT2D eigenvalue weighted by atomic mass is 35.5. The van der Waals surface area contributed by atoms with Gasteiger partial charge in [0, 0.05) is 16.1 Å². The molecule has 0 saturated carbocycles. The summed E-state index contributed by atoms with van der Waals surface area (Å²) in [5.74, 6) is 0. The summed E-state index contributed by atoms with van der Waals surface area (Å²) in [5, 5.41) is 3.65. The van der Waals surface area contributed by atoms with Crippen molar-refractivity contribution in [2.75, 3.05) is 13.6 Å². The Morgan fingerprint density at radius 1 is 1.47 bits per heavy atom. The van der Waals surface area contributed by atoms with E-state index >= 15 is 0 Å². The first-order chi connectivity index (χ1) is 7.29. The maximum absolute atomic E-state index is 10.8. The third-order valence-corrected chi connectivity index (χ3v) is 2.39. The number of hydrogen-bond acceptors (Lipinski definition) is 2. The summed E-state index contributed by atoms with van der Waals surface area (Å²) >= 11 is 6.00. The average molecular weight is 224 g/mol. The number of carbonyl (C=O) groups is 1. The van der Waals surface area contributed by atoms with Gasteiger partial charge in [-0.1, -0.05) is 35.9 Å². The van der Waals surface area contributed by atoms with Crippen LogP contribution in [0.4, 0.5) is 0 Å². The summed E-state index contributed by atoms with van der Waals surface area (Å²) in [6, 6.07) is 5.32. The number of benzene rings is 1. The lowest BCUT2D eigenvalue weighted by atomic mass is 10.1. The molecule has 0 aliphatic heterocycles. The van der Waals surface area contributed by atoms with Crippen LogP contribution in [0.3, 0.4) is 0 Å². The molecule has 0 radical (unpaired) electrons. The van der Waals surface area contributed by atoms with Gasteiger partial charge in [-0.2, -0.15) is 0 Å². The zero-order chi connectivity index (χ0) is 11.1. The van der Waals surface area contributed by atoms with Crippen LogP contribution in [0.15, 0.2) is 24.3 Å². The Kier molecular flexibility index (Phi) is 5.08. The third kappa shape index (κ3) is 3.50. The number of aldehydes is 1. The molecule has 0 saturated heterocycles. The smallest absolute Gasteiger partial charge is 0.150 e. The highest BCUT2D eigenvalue weighted by molar-refractivity contribution is 6.32. The van der Waals surface area contributed by atoms with Gasteiger partial charge in [-0.25, -0.2) is 0 Å². The van der Waals surface area contributed by atoms with E-state index < -0.39 is 0 Å². The molecule has 3 heteroatoms. The minimum absolute atomic E-state index is 0.611. The van der Waals surface area contributed by atoms with E-state index in [-0.39, 0.29) is 0 Å². The number of rotatable bonds is 5. The molecule has 0 unspecified atom stereocenters. The largest absolute Gasteiger partial charge is 0.319 e. The number of hydrogen-bond donors (Lipinski definition) is 1. The third-order valence-electron chi connectivity index (χ3n) is 2.06. The van der Waals surface area contributed by atoms with E-state index in [1.165, 1.54) is 0 Å². The Morgan fingerprint density at radius 3 is 2.93 bits per heavy atom. The quantitative estimate of drug-likeness (QED) is 0.615. The summed E-state index contributed by atoms with van der Waals surface area (Å²) in [6.07, 6.45) is 5.64. The highest BCUT2D eigenvalue weighted by Crippen LogP contribution is 2.20. The Hall–Kier alpha value is -1.12. The predicted molar refractivity (Wildman–Crippen MR) is 64.4 cm³/mol. The molecule has 0 spiro atoms. The SMILES string of the molecule is CNCCC=Cc1c(Cl)cccc1C=O. The molecule has 1 aromatic rings. The van der Waals surface area contributed by atoms with E-state index in [9.17, 15) is 4.79 Å². The van der Waals surface area contributed by atoms with E-state index in [2.05, 4.69) is 5.32 Å². The van der Waals surface area contributed by atoms with E-state index in [1.807, 2.05) is 19.2 Å². The summed E-state index contributed by atoms with van der Waals surface area (Å²) in [4.78, 5) is 10.8. The van der Waals surface area contributed by atoms with Crippen LogP contribution >= 0.6 is 11.6 Å². The molecule has 0 aliphatic carbocycles. The Bertz CT molecular complexity index is 361. The molecule has 0 aromatic heterocycles. The van der Waals surface area contributed by atoms with Crippen LogP contribution in [-0.2, 0) is 0 Å². The van der Waals surface area contributed by atoms with Crippen molar-refractivity contribution in [2.45, 2.75) is 6.42 Å². The number of carbonyl (C=O) groups excluding carboxylic acids is 1. The van der Waals surface area contributed by atoms with E-state index in [0.29, 0.717) is 10.6 Å². The normalized spacial score (nSPS) is 10.8. The second-order valence-electron chi connectivity index (χ2n) is 3.16. The molecule has 0 fully saturated rings. The van der Waals surface area contributed by atoms with E-state index in [0.717, 1.165) is 24.8 Å². The van der Waals surface area contributed by atoms with Gasteiger partial charge in [0.05, 0.1) is 0 Å². The van der Waals surface area contributed by atoms with Crippen LogP contribution in [0.5, 0.6) is 0 Å². The Balaban J connectivity index is 2.82. The van der Waals surface area contributed by atoms with Crippen molar-refractivity contribution in [1.29, 1.82) is 0 Å². The standard InChI is InChI=1S/C12H14ClNO/c1-14-8-3-2-6-11-10(9-15)5-4-7-12(11)13/h2,4-7,9,14H,3,8H2,1H3. The molecule has 0 bridgehead atoms. The molecule has 15 heavy (non-hydrogen) atoms. The molecular formula is C12H14ClNO. The highest BCUT2D eigenvalue weighted by Gasteiger charge is 2.01. The topological polar surface area (TPSA) is 29.1 Å². The van der Waals surface area contributed by atoms with Gasteiger partial charge in [0.15, 0.2) is 6.29 Å². The van der Waals surface area contributed by atoms with Crippen LogP contribution in [-0.4, -0.2) is 19.9 Å². The summed E-state index contributed by atoms with van der Waals surface area (Å²) in [5.41, 5.74) is 1.42. The van der Waals surface area contributed by atoms with Gasteiger partial charge in [-0.3, -0.25) is 4.79 Å². The lowest BCUT2D eigenvalue weighted by Gasteiger charge is -2.01. The van der Waals surface area contributed by atoms with Crippen LogP contribution in [0.25, 0.3) is 6.08 Å². The van der Waals surface area contributed by atoms with E-state index in [1.54, 1.807) is 18.2 Å². The Labute approximate surface area is 94.9 Å². The predicted octanol–water partition coefficient (Wildman–Crippen LogP) is 2.78. The van der Waals surface area contributed by atoms with Crippen LogP contribution in [0.2, 0.25) is 5.02 Å². The fraction of sp³-hybridized carbons (Fsp3) is 0.250. The second kappa shape index (κ2) is 6.38. The zero-order valence-corrected chi connectivity index (χ0v) is 9.42. The van der Waals surface area contributed by atoms with Crippen LogP contribution < -0.4 is 5.32 Å². The molecule has 0 atom stereocenters. The molecule has 0 heterocycles. The van der Waals surface area contributed by atoms with E-state index in [4.69, 9.17) is 11.6 Å². The van der Waals surface area contributed by atoms with Gasteiger partial charge in [0.1, 0.15) is 0 Å².